The van der Waals surface area contributed by atoms with Crippen LogP contribution in [0.5, 0.6) is 5.75 Å². The van der Waals surface area contributed by atoms with Crippen LogP contribution in [0.2, 0.25) is 0 Å². The number of nitrogens with zero attached hydrogens (tertiary/aromatic N) is 2. The van der Waals surface area contributed by atoms with E-state index in [9.17, 15) is 0 Å². The molecule has 0 aliphatic carbocycles. The van der Waals surface area contributed by atoms with E-state index in [1.807, 2.05) is 25.1 Å². The van der Waals surface area contributed by atoms with E-state index in [0.29, 0.717) is 0 Å². The molecule has 0 fully saturated rings. The van der Waals surface area contributed by atoms with Crippen molar-refractivity contribution >= 4 is 0 Å². The Morgan fingerprint density at radius 2 is 1.95 bits per heavy atom. The van der Waals surface area contributed by atoms with Crippen LogP contribution < -0.4 is 10.1 Å². The molecule has 1 aromatic heterocycles. The topological polar surface area (TPSA) is 47.0 Å². The molecule has 2 rings (SSSR count). The number of hydrogen-bond acceptors (Lipinski definition) is 4. The highest BCUT2D eigenvalue weighted by atomic mass is 16.5. The van der Waals surface area contributed by atoms with Gasteiger partial charge in [-0.25, -0.2) is 9.97 Å². The third-order valence-corrected chi connectivity index (χ3v) is 3.04. The second-order valence-electron chi connectivity index (χ2n) is 4.47. The monoisotopic (exact) mass is 257 g/mol. The van der Waals surface area contributed by atoms with E-state index in [4.69, 9.17) is 4.74 Å². The van der Waals surface area contributed by atoms with Crippen LogP contribution in [0.4, 0.5) is 0 Å². The van der Waals surface area contributed by atoms with Crippen LogP contribution in [0.25, 0.3) is 0 Å². The summed E-state index contributed by atoms with van der Waals surface area (Å²) in [6.45, 7) is 4.77. The molecule has 0 radical (unpaired) electrons. The Kier molecular flexibility index (Phi) is 4.47. The van der Waals surface area contributed by atoms with Gasteiger partial charge in [-0.3, -0.25) is 0 Å². The predicted octanol–water partition coefficient (Wildman–Crippen LogP) is 2.64. The van der Waals surface area contributed by atoms with Crippen molar-refractivity contribution in [1.82, 2.24) is 15.3 Å². The number of aryl methyl sites for hydroxylation is 1. The van der Waals surface area contributed by atoms with Gasteiger partial charge in [0.1, 0.15) is 11.6 Å². The van der Waals surface area contributed by atoms with Crippen molar-refractivity contribution < 1.29 is 4.74 Å². The third-order valence-electron chi connectivity index (χ3n) is 3.04. The first-order valence-electron chi connectivity index (χ1n) is 6.35. The molecule has 1 heterocycles. The Morgan fingerprint density at radius 3 is 2.58 bits per heavy atom. The summed E-state index contributed by atoms with van der Waals surface area (Å²) in [7, 11) is 1.67. The molecule has 4 nitrogen and oxygen atoms in total. The van der Waals surface area contributed by atoms with Crippen molar-refractivity contribution in [2.75, 3.05) is 7.11 Å². The van der Waals surface area contributed by atoms with E-state index in [1.165, 1.54) is 5.56 Å². The lowest BCUT2D eigenvalue weighted by Crippen LogP contribution is -2.19. The number of aromatic nitrogens is 2. The molecule has 0 spiro atoms. The first-order valence-corrected chi connectivity index (χ1v) is 6.35. The maximum absolute atomic E-state index is 5.15. The molecule has 4 heteroatoms. The van der Waals surface area contributed by atoms with Crippen LogP contribution in [0.1, 0.15) is 30.0 Å². The second-order valence-corrected chi connectivity index (χ2v) is 4.47. The van der Waals surface area contributed by atoms with Gasteiger partial charge in [0, 0.05) is 18.8 Å². The molecule has 0 bridgehead atoms. The summed E-state index contributed by atoms with van der Waals surface area (Å²) in [6, 6.07) is 10.3. The van der Waals surface area contributed by atoms with Crippen LogP contribution in [-0.4, -0.2) is 17.1 Å². The molecule has 19 heavy (non-hydrogen) atoms. The van der Waals surface area contributed by atoms with Crippen LogP contribution in [0.3, 0.4) is 0 Å². The zero-order valence-electron chi connectivity index (χ0n) is 11.6. The maximum Gasteiger partial charge on any atom is 0.125 e. The highest BCUT2D eigenvalue weighted by molar-refractivity contribution is 5.28. The van der Waals surface area contributed by atoms with Gasteiger partial charge < -0.3 is 10.1 Å². The summed E-state index contributed by atoms with van der Waals surface area (Å²) in [4.78, 5) is 8.46. The largest absolute Gasteiger partial charge is 0.497 e. The number of hydrogen-bond donors (Lipinski definition) is 1. The van der Waals surface area contributed by atoms with Crippen LogP contribution in [-0.2, 0) is 6.54 Å². The normalized spacial score (nSPS) is 12.2. The molecule has 2 aromatic rings. The zero-order valence-corrected chi connectivity index (χ0v) is 11.6. The molecular weight excluding hydrogens is 238 g/mol. The number of nitrogens with one attached hydrogen (secondary N) is 1. The quantitative estimate of drug-likeness (QED) is 0.894. The molecule has 0 amide bonds. The summed E-state index contributed by atoms with van der Waals surface area (Å²) in [5, 5.41) is 3.45. The second kappa shape index (κ2) is 6.29. The van der Waals surface area contributed by atoms with Crippen LogP contribution >= 0.6 is 0 Å². The van der Waals surface area contributed by atoms with E-state index in [-0.39, 0.29) is 6.04 Å². The first-order chi connectivity index (χ1) is 9.19. The van der Waals surface area contributed by atoms with Gasteiger partial charge in [0.15, 0.2) is 0 Å². The van der Waals surface area contributed by atoms with E-state index in [0.717, 1.165) is 23.8 Å². The number of methoxy groups -OCH3 is 1. The standard InChI is InChI=1S/C15H19N3O/c1-11(13-4-6-15(19-3)7-5-13)17-10-14-8-9-16-12(2)18-14/h4-9,11,17H,10H2,1-3H3/t11-/m0/s1. The molecule has 1 atom stereocenters. The molecule has 1 aromatic carbocycles. The summed E-state index contributed by atoms with van der Waals surface area (Å²) < 4.78 is 5.15. The van der Waals surface area contributed by atoms with Gasteiger partial charge in [0.05, 0.1) is 12.8 Å². The van der Waals surface area contributed by atoms with Crippen molar-refractivity contribution in [3.8, 4) is 5.75 Å². The molecule has 0 aliphatic rings. The van der Waals surface area contributed by atoms with Crippen molar-refractivity contribution in [2.45, 2.75) is 26.4 Å². The fourth-order valence-electron chi connectivity index (χ4n) is 1.87. The van der Waals surface area contributed by atoms with Gasteiger partial charge in [-0.2, -0.15) is 0 Å². The van der Waals surface area contributed by atoms with E-state index in [2.05, 4.69) is 34.3 Å². The first kappa shape index (κ1) is 13.5. The molecule has 0 saturated carbocycles. The number of ether oxygens (including phenoxy) is 1. The molecule has 0 aliphatic heterocycles. The smallest absolute Gasteiger partial charge is 0.125 e. The molecular formula is C15H19N3O. The Morgan fingerprint density at radius 1 is 1.21 bits per heavy atom. The van der Waals surface area contributed by atoms with Crippen molar-refractivity contribution in [3.05, 3.63) is 53.6 Å². The highest BCUT2D eigenvalue weighted by Crippen LogP contribution is 2.17. The minimum atomic E-state index is 0.265. The van der Waals surface area contributed by atoms with Gasteiger partial charge in [-0.1, -0.05) is 12.1 Å². The lowest BCUT2D eigenvalue weighted by Gasteiger charge is -2.14. The number of rotatable bonds is 5. The Balaban J connectivity index is 1.95. The van der Waals surface area contributed by atoms with Gasteiger partial charge in [0.2, 0.25) is 0 Å². The van der Waals surface area contributed by atoms with Crippen LogP contribution in [0.15, 0.2) is 36.5 Å². The summed E-state index contributed by atoms with van der Waals surface area (Å²) in [5.41, 5.74) is 2.24. The number of benzene rings is 1. The maximum atomic E-state index is 5.15. The van der Waals surface area contributed by atoms with Crippen molar-refractivity contribution in [2.24, 2.45) is 0 Å². The van der Waals surface area contributed by atoms with Crippen molar-refractivity contribution in [1.29, 1.82) is 0 Å². The van der Waals surface area contributed by atoms with E-state index in [1.54, 1.807) is 13.3 Å². The summed E-state index contributed by atoms with van der Waals surface area (Å²) in [5.74, 6) is 1.68. The minimum absolute atomic E-state index is 0.265. The molecule has 0 saturated heterocycles. The fraction of sp³-hybridized carbons (Fsp3) is 0.333. The summed E-state index contributed by atoms with van der Waals surface area (Å²) in [6.07, 6.45) is 1.79. The van der Waals surface area contributed by atoms with Gasteiger partial charge >= 0.3 is 0 Å². The average molecular weight is 257 g/mol. The predicted molar refractivity (Wildman–Crippen MR) is 75.0 cm³/mol. The van der Waals surface area contributed by atoms with Crippen LogP contribution in [0, 0.1) is 6.92 Å². The Bertz CT molecular complexity index is 525. The fourth-order valence-corrected chi connectivity index (χ4v) is 1.87. The molecule has 100 valence electrons. The van der Waals surface area contributed by atoms with E-state index >= 15 is 0 Å². The third kappa shape index (κ3) is 3.76. The van der Waals surface area contributed by atoms with Gasteiger partial charge in [-0.15, -0.1) is 0 Å². The average Bonchev–Trinajstić information content (AvgIpc) is 2.45. The molecule has 0 unspecified atom stereocenters. The zero-order chi connectivity index (χ0) is 13.7. The van der Waals surface area contributed by atoms with Gasteiger partial charge in [-0.05, 0) is 37.6 Å². The molecule has 1 N–H and O–H groups in total. The van der Waals surface area contributed by atoms with Crippen molar-refractivity contribution in [3.63, 3.8) is 0 Å². The lowest BCUT2D eigenvalue weighted by atomic mass is 10.1. The Labute approximate surface area is 113 Å². The summed E-state index contributed by atoms with van der Waals surface area (Å²) >= 11 is 0. The van der Waals surface area contributed by atoms with Gasteiger partial charge in [0.25, 0.3) is 0 Å². The lowest BCUT2D eigenvalue weighted by molar-refractivity contribution is 0.414. The van der Waals surface area contributed by atoms with E-state index < -0.39 is 0 Å². The minimum Gasteiger partial charge on any atom is -0.497 e. The SMILES string of the molecule is COc1ccc([C@H](C)NCc2ccnc(C)n2)cc1. The Hall–Kier alpha value is -1.94. The highest BCUT2D eigenvalue weighted by Gasteiger charge is 2.05.